The zero-order chi connectivity index (χ0) is 18.7. The van der Waals surface area contributed by atoms with Gasteiger partial charge in [-0.3, -0.25) is 0 Å². The fourth-order valence-electron chi connectivity index (χ4n) is 2.57. The van der Waals surface area contributed by atoms with Gasteiger partial charge in [0.15, 0.2) is 0 Å². The lowest BCUT2D eigenvalue weighted by molar-refractivity contribution is -0.140. The molecule has 8 nitrogen and oxygen atoms in total. The van der Waals surface area contributed by atoms with Gasteiger partial charge in [0.1, 0.15) is 12.4 Å². The number of carbonyl (C=O) groups excluding carboxylic acids is 2. The molecule has 0 unspecified atom stereocenters. The number of rotatable bonds is 4. The van der Waals surface area contributed by atoms with Gasteiger partial charge in [-0.2, -0.15) is 5.10 Å². The van der Waals surface area contributed by atoms with Crippen LogP contribution in [0, 0.1) is 0 Å². The first-order chi connectivity index (χ1) is 12.5. The normalized spacial score (nSPS) is 14.3. The number of hydrogen-bond donors (Lipinski definition) is 0. The Labute approximate surface area is 154 Å². The van der Waals surface area contributed by atoms with Crippen molar-refractivity contribution in [2.45, 2.75) is 0 Å². The van der Waals surface area contributed by atoms with E-state index in [9.17, 15) is 9.59 Å². The molecule has 26 heavy (non-hydrogen) atoms. The molecule has 9 heteroatoms. The number of hydrogen-bond acceptors (Lipinski definition) is 7. The van der Waals surface area contributed by atoms with Crippen molar-refractivity contribution in [1.29, 1.82) is 0 Å². The molecule has 0 N–H and O–H groups in total. The lowest BCUT2D eigenvalue weighted by Crippen LogP contribution is -2.38. The minimum atomic E-state index is -0.642. The van der Waals surface area contributed by atoms with Crippen LogP contribution < -0.4 is 4.90 Å². The summed E-state index contributed by atoms with van der Waals surface area (Å²) in [6.07, 6.45) is 3.21. The Bertz CT molecular complexity index is 860. The third kappa shape index (κ3) is 3.42. The van der Waals surface area contributed by atoms with Crippen LogP contribution in [0.25, 0.3) is 5.69 Å². The van der Waals surface area contributed by atoms with Gasteiger partial charge in [0.2, 0.25) is 0 Å². The Morgan fingerprint density at radius 3 is 2.35 bits per heavy atom. The highest BCUT2D eigenvalue weighted by molar-refractivity contribution is 6.30. The van der Waals surface area contributed by atoms with E-state index in [0.29, 0.717) is 10.7 Å². The fourth-order valence-corrected chi connectivity index (χ4v) is 2.71. The van der Waals surface area contributed by atoms with E-state index >= 15 is 0 Å². The zero-order valence-corrected chi connectivity index (χ0v) is 14.9. The van der Waals surface area contributed by atoms with E-state index < -0.39 is 11.9 Å². The summed E-state index contributed by atoms with van der Waals surface area (Å²) in [6.45, 7) is 0.0648. The van der Waals surface area contributed by atoms with Crippen molar-refractivity contribution in [3.05, 3.63) is 53.0 Å². The van der Waals surface area contributed by atoms with E-state index in [4.69, 9.17) is 25.8 Å². The van der Waals surface area contributed by atoms with Crippen molar-refractivity contribution in [3.63, 3.8) is 0 Å². The third-order valence-corrected chi connectivity index (χ3v) is 4.01. The molecule has 3 rings (SSSR count). The monoisotopic (exact) mass is 377 g/mol. The third-order valence-electron chi connectivity index (χ3n) is 3.81. The molecule has 2 aromatic rings. The van der Waals surface area contributed by atoms with E-state index in [2.05, 4.69) is 5.10 Å². The maximum atomic E-state index is 12.3. The lowest BCUT2D eigenvalue weighted by atomic mass is 10.1. The minimum absolute atomic E-state index is 0.0303. The van der Waals surface area contributed by atoms with Crippen LogP contribution in [-0.4, -0.2) is 49.3 Å². The van der Waals surface area contributed by atoms with Crippen molar-refractivity contribution in [1.82, 2.24) is 9.78 Å². The van der Waals surface area contributed by atoms with Gasteiger partial charge < -0.3 is 19.1 Å². The summed E-state index contributed by atoms with van der Waals surface area (Å²) in [7, 11) is 2.50. The first kappa shape index (κ1) is 18.0. The number of aromatic nitrogens is 2. The first-order valence-electron chi connectivity index (χ1n) is 7.61. The molecule has 1 aromatic carbocycles. The van der Waals surface area contributed by atoms with Crippen LogP contribution in [-0.2, 0) is 23.8 Å². The predicted molar refractivity (Wildman–Crippen MR) is 92.9 cm³/mol. The van der Waals surface area contributed by atoms with Gasteiger partial charge in [0.25, 0.3) is 0 Å². The maximum absolute atomic E-state index is 12.3. The van der Waals surface area contributed by atoms with Crippen LogP contribution in [0.5, 0.6) is 0 Å². The van der Waals surface area contributed by atoms with Gasteiger partial charge in [0.05, 0.1) is 43.3 Å². The van der Waals surface area contributed by atoms with E-state index in [0.717, 1.165) is 5.69 Å². The van der Waals surface area contributed by atoms with E-state index in [-0.39, 0.29) is 24.6 Å². The quantitative estimate of drug-likeness (QED) is 0.753. The Morgan fingerprint density at radius 1 is 1.12 bits per heavy atom. The number of halogens is 1. The molecule has 0 bridgehead atoms. The zero-order valence-electron chi connectivity index (χ0n) is 14.1. The van der Waals surface area contributed by atoms with Crippen LogP contribution in [0.2, 0.25) is 5.02 Å². The second-order valence-corrected chi connectivity index (χ2v) is 5.77. The predicted octanol–water partition coefficient (Wildman–Crippen LogP) is 1.92. The SMILES string of the molecule is COC(=O)C1=C(C(=O)OC)N(c2ccc(-n3cc(Cl)cn3)cc2)COC1. The molecule has 0 atom stereocenters. The molecule has 0 spiro atoms. The smallest absolute Gasteiger partial charge is 0.355 e. The second kappa shape index (κ2) is 7.59. The van der Waals surface area contributed by atoms with Gasteiger partial charge >= 0.3 is 11.9 Å². The number of nitrogens with zero attached hydrogens (tertiary/aromatic N) is 3. The van der Waals surface area contributed by atoms with Gasteiger partial charge in [-0.05, 0) is 24.3 Å². The van der Waals surface area contributed by atoms with Crippen molar-refractivity contribution in [2.24, 2.45) is 0 Å². The van der Waals surface area contributed by atoms with Crippen molar-refractivity contribution < 1.29 is 23.8 Å². The average molecular weight is 378 g/mol. The van der Waals surface area contributed by atoms with Crippen molar-refractivity contribution >= 4 is 29.2 Å². The summed E-state index contributed by atoms with van der Waals surface area (Å²) >= 11 is 5.88. The second-order valence-electron chi connectivity index (χ2n) is 5.34. The van der Waals surface area contributed by atoms with Crippen molar-refractivity contribution in [2.75, 3.05) is 32.5 Å². The van der Waals surface area contributed by atoms with Gasteiger partial charge in [0, 0.05) is 11.9 Å². The van der Waals surface area contributed by atoms with Gasteiger partial charge in [-0.1, -0.05) is 11.6 Å². The van der Waals surface area contributed by atoms with Crippen LogP contribution >= 0.6 is 11.6 Å². The standard InChI is InChI=1S/C17H16ClN3O5/c1-24-16(22)14-9-26-10-20(15(14)17(23)25-2)12-3-5-13(6-4-12)21-8-11(18)7-19-21/h3-8H,9-10H2,1-2H3. The Kier molecular flexibility index (Phi) is 5.24. The summed E-state index contributed by atoms with van der Waals surface area (Å²) in [5.41, 5.74) is 1.64. The first-order valence-corrected chi connectivity index (χ1v) is 7.98. The summed E-state index contributed by atoms with van der Waals surface area (Å²) in [4.78, 5) is 25.8. The number of esters is 2. The largest absolute Gasteiger partial charge is 0.466 e. The molecular weight excluding hydrogens is 362 g/mol. The van der Waals surface area contributed by atoms with E-state index in [1.54, 1.807) is 40.0 Å². The Morgan fingerprint density at radius 2 is 1.77 bits per heavy atom. The Balaban J connectivity index is 1.98. The van der Waals surface area contributed by atoms with Crippen LogP contribution in [0.4, 0.5) is 5.69 Å². The molecule has 1 aliphatic rings. The average Bonchev–Trinajstić information content (AvgIpc) is 3.12. The fraction of sp³-hybridized carbons (Fsp3) is 0.235. The highest BCUT2D eigenvalue weighted by Crippen LogP contribution is 2.27. The Hall–Kier alpha value is -2.84. The summed E-state index contributed by atoms with van der Waals surface area (Å²) in [5.74, 6) is -1.28. The van der Waals surface area contributed by atoms with Gasteiger partial charge in [-0.15, -0.1) is 0 Å². The molecule has 2 heterocycles. The summed E-state index contributed by atoms with van der Waals surface area (Å²) in [5, 5.41) is 4.66. The number of anilines is 1. The topological polar surface area (TPSA) is 82.9 Å². The highest BCUT2D eigenvalue weighted by Gasteiger charge is 2.32. The van der Waals surface area contributed by atoms with Crippen LogP contribution in [0.3, 0.4) is 0 Å². The van der Waals surface area contributed by atoms with E-state index in [1.165, 1.54) is 20.4 Å². The molecule has 0 amide bonds. The molecule has 0 fully saturated rings. The number of ether oxygens (including phenoxy) is 3. The highest BCUT2D eigenvalue weighted by atomic mass is 35.5. The summed E-state index contributed by atoms with van der Waals surface area (Å²) in [6, 6.07) is 7.16. The molecule has 136 valence electrons. The molecular formula is C17H16ClN3O5. The lowest BCUT2D eigenvalue weighted by Gasteiger charge is -2.31. The van der Waals surface area contributed by atoms with Gasteiger partial charge in [-0.25, -0.2) is 14.3 Å². The molecule has 0 radical (unpaired) electrons. The molecule has 0 saturated carbocycles. The van der Waals surface area contributed by atoms with E-state index in [1.807, 2.05) is 0 Å². The number of benzene rings is 1. The molecule has 0 aliphatic carbocycles. The van der Waals surface area contributed by atoms with Crippen molar-refractivity contribution in [3.8, 4) is 5.69 Å². The number of carbonyl (C=O) groups is 2. The molecule has 1 aliphatic heterocycles. The number of methoxy groups -OCH3 is 2. The van der Waals surface area contributed by atoms with Crippen LogP contribution in [0.1, 0.15) is 0 Å². The minimum Gasteiger partial charge on any atom is -0.466 e. The summed E-state index contributed by atoms with van der Waals surface area (Å²) < 4.78 is 16.6. The molecule has 1 aromatic heterocycles. The van der Waals surface area contributed by atoms with Crippen LogP contribution in [0.15, 0.2) is 47.9 Å². The maximum Gasteiger partial charge on any atom is 0.355 e. The molecule has 0 saturated heterocycles.